The monoisotopic (exact) mass is 405 g/mol. The predicted molar refractivity (Wildman–Crippen MR) is 113 cm³/mol. The summed E-state index contributed by atoms with van der Waals surface area (Å²) in [5.74, 6) is 0.551. The van der Waals surface area contributed by atoms with Crippen molar-refractivity contribution in [1.29, 1.82) is 0 Å². The van der Waals surface area contributed by atoms with Crippen molar-refractivity contribution in [1.82, 2.24) is 15.8 Å². The summed E-state index contributed by atoms with van der Waals surface area (Å²) in [6.45, 7) is 1.62. The number of nitrogens with zero attached hydrogens (tertiary/aromatic N) is 1. The molecule has 3 aromatic rings. The Morgan fingerprint density at radius 1 is 0.900 bits per heavy atom. The first-order chi connectivity index (χ1) is 14.7. The van der Waals surface area contributed by atoms with Crippen LogP contribution in [0.4, 0.5) is 9.18 Å². The van der Waals surface area contributed by atoms with Gasteiger partial charge in [0.2, 0.25) is 0 Å². The normalized spacial score (nSPS) is 16.6. The van der Waals surface area contributed by atoms with E-state index in [2.05, 4.69) is 10.7 Å². The highest BCUT2D eigenvalue weighted by molar-refractivity contribution is 5.74. The molecule has 0 saturated carbocycles. The van der Waals surface area contributed by atoms with E-state index >= 15 is 0 Å². The highest BCUT2D eigenvalue weighted by Crippen LogP contribution is 2.18. The standard InChI is InChI=1S/C24H24FN3O2/c25-21-10-6-18(7-11-21)14-22-15-26-24(29)27-28(22)16-19-8-12-23(13-9-19)30-17-20-4-2-1-3-5-20/h1-13,22H,14-17H2,(H2,26,27,29)/t22-/m0/s1. The van der Waals surface area contributed by atoms with Crippen LogP contribution in [-0.4, -0.2) is 23.6 Å². The van der Waals surface area contributed by atoms with Gasteiger partial charge in [-0.15, -0.1) is 0 Å². The number of hydrogen-bond donors (Lipinski definition) is 2. The summed E-state index contributed by atoms with van der Waals surface area (Å²) >= 11 is 0. The second kappa shape index (κ2) is 9.41. The van der Waals surface area contributed by atoms with Crippen LogP contribution in [0.3, 0.4) is 0 Å². The van der Waals surface area contributed by atoms with Crippen LogP contribution >= 0.6 is 0 Å². The fourth-order valence-electron chi connectivity index (χ4n) is 3.45. The number of hydrogen-bond acceptors (Lipinski definition) is 3. The Morgan fingerprint density at radius 3 is 2.33 bits per heavy atom. The molecule has 2 N–H and O–H groups in total. The molecule has 0 aromatic heterocycles. The zero-order chi connectivity index (χ0) is 20.8. The van der Waals surface area contributed by atoms with Gasteiger partial charge in [-0.1, -0.05) is 54.6 Å². The topological polar surface area (TPSA) is 53.6 Å². The molecule has 1 fully saturated rings. The molecule has 1 aliphatic heterocycles. The second-order valence-corrected chi connectivity index (χ2v) is 7.35. The summed E-state index contributed by atoms with van der Waals surface area (Å²) in [7, 11) is 0. The van der Waals surface area contributed by atoms with Crippen LogP contribution in [0.2, 0.25) is 0 Å². The lowest BCUT2D eigenvalue weighted by Gasteiger charge is -2.36. The van der Waals surface area contributed by atoms with E-state index in [0.29, 0.717) is 26.1 Å². The molecule has 2 amide bonds. The molecule has 154 valence electrons. The number of ether oxygens (including phenoxy) is 1. The molecule has 0 spiro atoms. The van der Waals surface area contributed by atoms with Gasteiger partial charge in [-0.05, 0) is 47.4 Å². The summed E-state index contributed by atoms with van der Waals surface area (Å²) in [5.41, 5.74) is 6.09. The molecule has 0 radical (unpaired) electrons. The average molecular weight is 405 g/mol. The van der Waals surface area contributed by atoms with Crippen LogP contribution in [-0.2, 0) is 19.6 Å². The quantitative estimate of drug-likeness (QED) is 0.624. The lowest BCUT2D eigenvalue weighted by atomic mass is 10.0. The Hall–Kier alpha value is -3.38. The van der Waals surface area contributed by atoms with Gasteiger partial charge < -0.3 is 10.1 Å². The number of carbonyl (C=O) groups is 1. The van der Waals surface area contributed by atoms with Crippen LogP contribution in [0.25, 0.3) is 0 Å². The van der Waals surface area contributed by atoms with Gasteiger partial charge in [-0.3, -0.25) is 5.43 Å². The van der Waals surface area contributed by atoms with Gasteiger partial charge in [0.15, 0.2) is 0 Å². The zero-order valence-corrected chi connectivity index (χ0v) is 16.6. The minimum Gasteiger partial charge on any atom is -0.489 e. The van der Waals surface area contributed by atoms with E-state index in [-0.39, 0.29) is 17.9 Å². The third-order valence-electron chi connectivity index (χ3n) is 5.09. The minimum atomic E-state index is -0.250. The first kappa shape index (κ1) is 19.9. The fourth-order valence-corrected chi connectivity index (χ4v) is 3.45. The molecule has 0 bridgehead atoms. The number of carbonyl (C=O) groups excluding carboxylic acids is 1. The molecular weight excluding hydrogens is 381 g/mol. The fraction of sp³-hybridized carbons (Fsp3) is 0.208. The molecule has 5 nitrogen and oxygen atoms in total. The van der Waals surface area contributed by atoms with Gasteiger partial charge in [0.05, 0.1) is 6.04 Å². The molecule has 1 aliphatic rings. The van der Waals surface area contributed by atoms with Gasteiger partial charge in [-0.25, -0.2) is 14.2 Å². The Kier molecular flexibility index (Phi) is 6.25. The molecule has 30 heavy (non-hydrogen) atoms. The van der Waals surface area contributed by atoms with E-state index in [0.717, 1.165) is 22.4 Å². The number of halogens is 1. The van der Waals surface area contributed by atoms with Crippen molar-refractivity contribution >= 4 is 6.03 Å². The maximum absolute atomic E-state index is 13.2. The SMILES string of the molecule is O=C1NC[C@H](Cc2ccc(F)cc2)N(Cc2ccc(OCc3ccccc3)cc2)N1. The van der Waals surface area contributed by atoms with Crippen LogP contribution in [0.5, 0.6) is 5.75 Å². The Morgan fingerprint density at radius 2 is 1.60 bits per heavy atom. The molecular formula is C24H24FN3O2. The lowest BCUT2D eigenvalue weighted by Crippen LogP contribution is -2.61. The van der Waals surface area contributed by atoms with Gasteiger partial charge in [0.1, 0.15) is 18.2 Å². The molecule has 4 rings (SSSR count). The number of rotatable bonds is 7. The highest BCUT2D eigenvalue weighted by Gasteiger charge is 2.26. The highest BCUT2D eigenvalue weighted by atomic mass is 19.1. The van der Waals surface area contributed by atoms with E-state index < -0.39 is 0 Å². The summed E-state index contributed by atoms with van der Waals surface area (Å²) in [5, 5.41) is 4.77. The van der Waals surface area contributed by atoms with E-state index in [1.807, 2.05) is 59.6 Å². The van der Waals surface area contributed by atoms with Crippen molar-refractivity contribution in [3.05, 3.63) is 101 Å². The lowest BCUT2D eigenvalue weighted by molar-refractivity contribution is 0.0987. The van der Waals surface area contributed by atoms with Crippen molar-refractivity contribution in [2.75, 3.05) is 6.54 Å². The number of hydrazine groups is 1. The van der Waals surface area contributed by atoms with E-state index in [1.165, 1.54) is 12.1 Å². The number of amides is 2. The smallest absolute Gasteiger partial charge is 0.329 e. The Balaban J connectivity index is 1.37. The number of benzene rings is 3. The summed E-state index contributed by atoms with van der Waals surface area (Å²) in [6, 6.07) is 24.2. The zero-order valence-electron chi connectivity index (χ0n) is 16.6. The third-order valence-corrected chi connectivity index (χ3v) is 5.09. The van der Waals surface area contributed by atoms with Gasteiger partial charge >= 0.3 is 6.03 Å². The predicted octanol–water partition coefficient (Wildman–Crippen LogP) is 4.05. The first-order valence-corrected chi connectivity index (χ1v) is 9.97. The van der Waals surface area contributed by atoms with E-state index in [9.17, 15) is 9.18 Å². The van der Waals surface area contributed by atoms with Crippen molar-refractivity contribution in [3.8, 4) is 5.75 Å². The summed E-state index contributed by atoms with van der Waals surface area (Å²) < 4.78 is 19.0. The average Bonchev–Trinajstić information content (AvgIpc) is 2.77. The molecule has 3 aromatic carbocycles. The first-order valence-electron chi connectivity index (χ1n) is 9.97. The van der Waals surface area contributed by atoms with Gasteiger partial charge in [0.25, 0.3) is 0 Å². The van der Waals surface area contributed by atoms with Crippen LogP contribution < -0.4 is 15.5 Å². The largest absolute Gasteiger partial charge is 0.489 e. The maximum Gasteiger partial charge on any atom is 0.329 e. The van der Waals surface area contributed by atoms with Crippen molar-refractivity contribution < 1.29 is 13.9 Å². The number of nitrogens with one attached hydrogen (secondary N) is 2. The van der Waals surface area contributed by atoms with Crippen molar-refractivity contribution in [3.63, 3.8) is 0 Å². The third kappa shape index (κ3) is 5.36. The molecule has 1 heterocycles. The molecule has 6 heteroatoms. The Bertz CT molecular complexity index is 962. The molecule has 1 atom stereocenters. The summed E-state index contributed by atoms with van der Waals surface area (Å²) in [4.78, 5) is 11.8. The number of urea groups is 1. The van der Waals surface area contributed by atoms with Crippen LogP contribution in [0.15, 0.2) is 78.9 Å². The Labute approximate surface area is 175 Å². The van der Waals surface area contributed by atoms with E-state index in [4.69, 9.17) is 4.74 Å². The van der Waals surface area contributed by atoms with Crippen molar-refractivity contribution in [2.45, 2.75) is 25.6 Å². The van der Waals surface area contributed by atoms with E-state index in [1.54, 1.807) is 12.1 Å². The van der Waals surface area contributed by atoms with Crippen molar-refractivity contribution in [2.24, 2.45) is 0 Å². The summed E-state index contributed by atoms with van der Waals surface area (Å²) in [6.07, 6.45) is 0.700. The minimum absolute atomic E-state index is 0.0576. The van der Waals surface area contributed by atoms with Gasteiger partial charge in [0, 0.05) is 13.1 Å². The molecule has 0 aliphatic carbocycles. The second-order valence-electron chi connectivity index (χ2n) is 7.35. The molecule has 1 saturated heterocycles. The van der Waals surface area contributed by atoms with Crippen LogP contribution in [0.1, 0.15) is 16.7 Å². The maximum atomic E-state index is 13.2. The van der Waals surface area contributed by atoms with Gasteiger partial charge in [-0.2, -0.15) is 0 Å². The molecule has 0 unspecified atom stereocenters. The van der Waals surface area contributed by atoms with Crippen LogP contribution in [0, 0.1) is 5.82 Å².